The van der Waals surface area contributed by atoms with Crippen molar-refractivity contribution in [2.24, 2.45) is 7.05 Å². The lowest BCUT2D eigenvalue weighted by Gasteiger charge is -2.09. The minimum absolute atomic E-state index is 0.0257. The number of para-hydroxylation sites is 1. The summed E-state index contributed by atoms with van der Waals surface area (Å²) in [5, 5.41) is 2.65. The number of anilines is 1. The molecule has 0 spiro atoms. The first-order chi connectivity index (χ1) is 13.7. The van der Waals surface area contributed by atoms with Crippen molar-refractivity contribution in [1.82, 2.24) is 14.1 Å². The Balaban J connectivity index is 2.03. The van der Waals surface area contributed by atoms with Crippen LogP contribution in [0, 0.1) is 13.8 Å². The molecule has 3 aromatic rings. The van der Waals surface area contributed by atoms with Crippen molar-refractivity contribution in [2.75, 3.05) is 12.4 Å². The molecule has 1 amide bonds. The molecular weight excluding hydrogens is 392 g/mol. The van der Waals surface area contributed by atoms with Crippen LogP contribution >= 0.6 is 0 Å². The number of hydrogen-bond donors (Lipinski definition) is 2. The lowest BCUT2D eigenvalue weighted by atomic mass is 10.1. The predicted octanol–water partition coefficient (Wildman–Crippen LogP) is 1.95. The molecule has 0 bridgehead atoms. The van der Waals surface area contributed by atoms with Crippen molar-refractivity contribution in [3.63, 3.8) is 0 Å². The highest BCUT2D eigenvalue weighted by atomic mass is 32.2. The van der Waals surface area contributed by atoms with E-state index in [1.807, 2.05) is 18.2 Å². The topological polar surface area (TPSA) is 102 Å². The van der Waals surface area contributed by atoms with Gasteiger partial charge in [0, 0.05) is 12.6 Å². The van der Waals surface area contributed by atoms with Gasteiger partial charge in [-0.15, -0.1) is 0 Å². The van der Waals surface area contributed by atoms with Gasteiger partial charge in [0.1, 0.15) is 5.69 Å². The van der Waals surface area contributed by atoms with Crippen LogP contribution in [0.5, 0.6) is 0 Å². The average Bonchev–Trinajstić information content (AvgIpc) is 2.92. The molecule has 8 nitrogen and oxygen atoms in total. The number of rotatable bonds is 5. The summed E-state index contributed by atoms with van der Waals surface area (Å²) in [4.78, 5) is 25.8. The number of carbonyl (C=O) groups is 1. The van der Waals surface area contributed by atoms with E-state index < -0.39 is 15.9 Å². The summed E-state index contributed by atoms with van der Waals surface area (Å²) in [6.07, 6.45) is 0. The van der Waals surface area contributed by atoms with Gasteiger partial charge in [0.15, 0.2) is 0 Å². The zero-order valence-corrected chi connectivity index (χ0v) is 17.4. The van der Waals surface area contributed by atoms with Gasteiger partial charge in [-0.3, -0.25) is 14.3 Å². The molecule has 0 fully saturated rings. The summed E-state index contributed by atoms with van der Waals surface area (Å²) in [7, 11) is -0.672. The van der Waals surface area contributed by atoms with Gasteiger partial charge in [0.05, 0.1) is 16.3 Å². The van der Waals surface area contributed by atoms with Gasteiger partial charge in [-0.25, -0.2) is 17.8 Å². The largest absolute Gasteiger partial charge is 0.316 e. The summed E-state index contributed by atoms with van der Waals surface area (Å²) < 4.78 is 29.5. The first-order valence-electron chi connectivity index (χ1n) is 8.87. The quantitative estimate of drug-likeness (QED) is 0.666. The number of nitrogens with one attached hydrogen (secondary N) is 2. The van der Waals surface area contributed by atoms with E-state index in [0.717, 1.165) is 0 Å². The average molecular weight is 414 g/mol. The molecular formula is C20H22N4O4S. The van der Waals surface area contributed by atoms with E-state index in [9.17, 15) is 18.0 Å². The molecule has 1 heterocycles. The van der Waals surface area contributed by atoms with Crippen LogP contribution in [0.1, 0.15) is 21.6 Å². The second-order valence-corrected chi connectivity index (χ2v) is 8.46. The van der Waals surface area contributed by atoms with Gasteiger partial charge < -0.3 is 5.32 Å². The fraction of sp³-hybridized carbons (Fsp3) is 0.200. The molecule has 3 rings (SSSR count). The second kappa shape index (κ2) is 7.69. The monoisotopic (exact) mass is 414 g/mol. The highest BCUT2D eigenvalue weighted by Gasteiger charge is 2.21. The third kappa shape index (κ3) is 3.74. The minimum Gasteiger partial charge on any atom is -0.316 e. The van der Waals surface area contributed by atoms with Crippen LogP contribution in [0.25, 0.3) is 5.69 Å². The van der Waals surface area contributed by atoms with Gasteiger partial charge >= 0.3 is 0 Å². The molecule has 0 aliphatic carbocycles. The molecule has 0 aliphatic heterocycles. The number of amides is 1. The highest BCUT2D eigenvalue weighted by molar-refractivity contribution is 7.89. The molecule has 9 heteroatoms. The maximum atomic E-state index is 13.0. The van der Waals surface area contributed by atoms with Gasteiger partial charge in [-0.1, -0.05) is 24.3 Å². The van der Waals surface area contributed by atoms with Crippen LogP contribution in [0.2, 0.25) is 0 Å². The third-order valence-corrected chi connectivity index (χ3v) is 6.24. The molecule has 152 valence electrons. The maximum absolute atomic E-state index is 13.0. The van der Waals surface area contributed by atoms with Gasteiger partial charge in [0.25, 0.3) is 11.5 Å². The van der Waals surface area contributed by atoms with Crippen molar-refractivity contribution in [3.05, 3.63) is 75.7 Å². The summed E-state index contributed by atoms with van der Waals surface area (Å²) in [6, 6.07) is 13.4. The summed E-state index contributed by atoms with van der Waals surface area (Å²) in [6.45, 7) is 3.43. The van der Waals surface area contributed by atoms with E-state index in [1.54, 1.807) is 43.8 Å². The van der Waals surface area contributed by atoms with Crippen molar-refractivity contribution >= 4 is 21.6 Å². The lowest BCUT2D eigenvalue weighted by molar-refractivity contribution is 0.102. The van der Waals surface area contributed by atoms with E-state index in [-0.39, 0.29) is 21.7 Å². The first-order valence-corrected chi connectivity index (χ1v) is 10.3. The smallest absolute Gasteiger partial charge is 0.295 e. The molecule has 2 aromatic carbocycles. The van der Waals surface area contributed by atoms with Crippen molar-refractivity contribution in [1.29, 1.82) is 0 Å². The maximum Gasteiger partial charge on any atom is 0.295 e. The number of aromatic nitrogens is 2. The summed E-state index contributed by atoms with van der Waals surface area (Å²) in [5.41, 5.74) is 1.78. The number of benzene rings is 2. The third-order valence-electron chi connectivity index (χ3n) is 4.83. The second-order valence-electron chi connectivity index (χ2n) is 6.57. The zero-order valence-electron chi connectivity index (χ0n) is 16.6. The van der Waals surface area contributed by atoms with Crippen LogP contribution < -0.4 is 15.6 Å². The molecule has 2 N–H and O–H groups in total. The van der Waals surface area contributed by atoms with E-state index in [2.05, 4.69) is 10.0 Å². The Labute approximate surface area is 168 Å². The van der Waals surface area contributed by atoms with E-state index in [1.165, 1.54) is 23.9 Å². The Bertz CT molecular complexity index is 1240. The van der Waals surface area contributed by atoms with Gasteiger partial charge in [-0.05, 0) is 50.7 Å². The SMILES string of the molecule is CNS(=O)(=O)c1ccc(C)c(C(=O)Nc2c(C)n(C)n(-c3ccccc3)c2=O)c1. The van der Waals surface area contributed by atoms with E-state index >= 15 is 0 Å². The number of carbonyl (C=O) groups excluding carboxylic acids is 1. The minimum atomic E-state index is -3.70. The number of sulfonamides is 1. The Hall–Kier alpha value is -3.17. The van der Waals surface area contributed by atoms with E-state index in [0.29, 0.717) is 16.9 Å². The Morgan fingerprint density at radius 2 is 1.69 bits per heavy atom. The molecule has 0 atom stereocenters. The highest BCUT2D eigenvalue weighted by Crippen LogP contribution is 2.19. The predicted molar refractivity (Wildman–Crippen MR) is 111 cm³/mol. The molecule has 0 unspecified atom stereocenters. The molecule has 0 saturated heterocycles. The standard InChI is InChI=1S/C20H22N4O4S/c1-13-10-11-16(29(27,28)21-3)12-17(13)19(25)22-18-14(2)23(4)24(20(18)26)15-8-6-5-7-9-15/h5-12,21H,1-4H3,(H,22,25). The number of aryl methyl sites for hydroxylation is 1. The Morgan fingerprint density at radius 1 is 1.03 bits per heavy atom. The Kier molecular flexibility index (Phi) is 5.45. The molecule has 29 heavy (non-hydrogen) atoms. The Morgan fingerprint density at radius 3 is 2.31 bits per heavy atom. The lowest BCUT2D eigenvalue weighted by Crippen LogP contribution is -2.24. The fourth-order valence-corrected chi connectivity index (χ4v) is 3.78. The van der Waals surface area contributed by atoms with Crippen molar-refractivity contribution in [3.8, 4) is 5.69 Å². The van der Waals surface area contributed by atoms with Crippen LogP contribution in [-0.2, 0) is 17.1 Å². The van der Waals surface area contributed by atoms with Crippen LogP contribution in [0.3, 0.4) is 0 Å². The molecule has 0 radical (unpaired) electrons. The molecule has 1 aromatic heterocycles. The van der Waals surface area contributed by atoms with Gasteiger partial charge in [-0.2, -0.15) is 0 Å². The van der Waals surface area contributed by atoms with Crippen LogP contribution in [0.4, 0.5) is 5.69 Å². The van der Waals surface area contributed by atoms with Crippen molar-refractivity contribution < 1.29 is 13.2 Å². The van der Waals surface area contributed by atoms with E-state index in [4.69, 9.17) is 0 Å². The van der Waals surface area contributed by atoms with Crippen LogP contribution in [0.15, 0.2) is 58.2 Å². The van der Waals surface area contributed by atoms with Crippen molar-refractivity contribution in [2.45, 2.75) is 18.7 Å². The molecule has 0 aliphatic rings. The number of hydrogen-bond acceptors (Lipinski definition) is 4. The summed E-state index contributed by atoms with van der Waals surface area (Å²) in [5.74, 6) is -0.554. The van der Waals surface area contributed by atoms with Crippen LogP contribution in [-0.4, -0.2) is 30.7 Å². The first kappa shape index (κ1) is 20.6. The normalized spacial score (nSPS) is 11.4. The fourth-order valence-electron chi connectivity index (χ4n) is 3.02. The molecule has 0 saturated carbocycles. The zero-order chi connectivity index (χ0) is 21.3. The summed E-state index contributed by atoms with van der Waals surface area (Å²) >= 11 is 0. The van der Waals surface area contributed by atoms with Gasteiger partial charge in [0.2, 0.25) is 10.0 Å². The number of nitrogens with zero attached hydrogens (tertiary/aromatic N) is 2.